The predicted molar refractivity (Wildman–Crippen MR) is 106 cm³/mol. The van der Waals surface area contributed by atoms with Gasteiger partial charge in [-0.1, -0.05) is 65.9 Å². The molecule has 1 aliphatic rings. The van der Waals surface area contributed by atoms with Gasteiger partial charge in [0.05, 0.1) is 15.8 Å². The molecule has 0 fully saturated rings. The molecule has 2 heterocycles. The molecule has 126 valence electrons. The number of carbonyl (C=O) groups excluding carboxylic acids is 1. The van der Waals surface area contributed by atoms with Crippen LogP contribution in [0.2, 0.25) is 0 Å². The van der Waals surface area contributed by atoms with Crippen LogP contribution in [-0.4, -0.2) is 10.9 Å². The Kier molecular flexibility index (Phi) is 3.47. The molecule has 5 rings (SSSR count). The second-order valence-electron chi connectivity index (χ2n) is 6.14. The van der Waals surface area contributed by atoms with Gasteiger partial charge in [0.2, 0.25) is 0 Å². The van der Waals surface area contributed by atoms with Crippen LogP contribution in [0.3, 0.4) is 0 Å². The van der Waals surface area contributed by atoms with Crippen LogP contribution in [-0.2, 0) is 0 Å². The summed E-state index contributed by atoms with van der Waals surface area (Å²) in [4.78, 5) is 19.8. The van der Waals surface area contributed by atoms with Crippen molar-refractivity contribution in [1.29, 1.82) is 0 Å². The maximum absolute atomic E-state index is 13.3. The summed E-state index contributed by atoms with van der Waals surface area (Å²) in [5.41, 5.74) is 3.45. The van der Waals surface area contributed by atoms with Gasteiger partial charge in [0.15, 0.2) is 5.13 Å². The Morgan fingerprint density at radius 3 is 2.46 bits per heavy atom. The van der Waals surface area contributed by atoms with Gasteiger partial charge in [-0.05, 0) is 29.8 Å². The molecule has 1 amide bonds. The van der Waals surface area contributed by atoms with Gasteiger partial charge in [-0.3, -0.25) is 9.69 Å². The normalized spacial score (nSPS) is 16.4. The van der Waals surface area contributed by atoms with E-state index in [0.717, 1.165) is 21.5 Å². The number of nitrogens with zero attached hydrogens (tertiary/aromatic N) is 2. The zero-order valence-electron chi connectivity index (χ0n) is 13.8. The minimum absolute atomic E-state index is 0.0349. The zero-order valence-corrected chi connectivity index (χ0v) is 14.6. The van der Waals surface area contributed by atoms with Gasteiger partial charge >= 0.3 is 0 Å². The van der Waals surface area contributed by atoms with E-state index in [9.17, 15) is 4.79 Å². The zero-order chi connectivity index (χ0) is 17.5. The predicted octanol–water partition coefficient (Wildman–Crippen LogP) is 5.07. The van der Waals surface area contributed by atoms with Gasteiger partial charge in [0, 0.05) is 5.69 Å². The lowest BCUT2D eigenvalue weighted by atomic mass is 10.0. The summed E-state index contributed by atoms with van der Waals surface area (Å²) in [7, 11) is 0. The van der Waals surface area contributed by atoms with Crippen molar-refractivity contribution in [2.24, 2.45) is 0 Å². The number of nitrogens with one attached hydrogen (secondary N) is 1. The fourth-order valence-electron chi connectivity index (χ4n) is 3.28. The first-order valence-corrected chi connectivity index (χ1v) is 9.22. The highest BCUT2D eigenvalue weighted by Crippen LogP contribution is 2.39. The van der Waals surface area contributed by atoms with E-state index in [4.69, 9.17) is 4.98 Å². The largest absolute Gasteiger partial charge is 0.360 e. The van der Waals surface area contributed by atoms with E-state index in [-0.39, 0.29) is 12.1 Å². The van der Waals surface area contributed by atoms with E-state index >= 15 is 0 Å². The van der Waals surface area contributed by atoms with Gasteiger partial charge in [-0.2, -0.15) is 0 Å². The Bertz CT molecular complexity index is 1070. The first kappa shape index (κ1) is 15.1. The summed E-state index contributed by atoms with van der Waals surface area (Å²) in [6.07, 6.45) is -0.292. The number of anilines is 2. The molecule has 0 saturated heterocycles. The SMILES string of the molecule is O=C1c2ccccc2NC(c2ccccc2)N1c1nc2ccccc2s1. The van der Waals surface area contributed by atoms with Gasteiger partial charge in [-0.15, -0.1) is 0 Å². The third-order valence-electron chi connectivity index (χ3n) is 4.53. The fraction of sp³-hybridized carbons (Fsp3) is 0.0476. The number of benzene rings is 3. The second kappa shape index (κ2) is 5.97. The van der Waals surface area contributed by atoms with Crippen molar-refractivity contribution in [3.63, 3.8) is 0 Å². The molecule has 3 aromatic carbocycles. The van der Waals surface area contributed by atoms with Crippen LogP contribution in [0.4, 0.5) is 10.8 Å². The van der Waals surface area contributed by atoms with Crippen LogP contribution >= 0.6 is 11.3 Å². The molecule has 1 N–H and O–H groups in total. The molecule has 0 aliphatic carbocycles. The summed E-state index contributed by atoms with van der Waals surface area (Å²) in [6.45, 7) is 0. The number of amides is 1. The molecule has 26 heavy (non-hydrogen) atoms. The van der Waals surface area contributed by atoms with Crippen molar-refractivity contribution in [2.45, 2.75) is 6.17 Å². The van der Waals surface area contributed by atoms with Crippen LogP contribution in [0, 0.1) is 0 Å². The van der Waals surface area contributed by atoms with Crippen molar-refractivity contribution in [1.82, 2.24) is 4.98 Å². The number of thiazole rings is 1. The quantitative estimate of drug-likeness (QED) is 0.545. The van der Waals surface area contributed by atoms with Gasteiger partial charge in [0.25, 0.3) is 5.91 Å². The molecule has 4 nitrogen and oxygen atoms in total. The van der Waals surface area contributed by atoms with Crippen LogP contribution in [0.25, 0.3) is 10.2 Å². The van der Waals surface area contributed by atoms with Crippen molar-refractivity contribution in [2.75, 3.05) is 10.2 Å². The number of hydrogen-bond donors (Lipinski definition) is 1. The molecular formula is C21H15N3OS. The number of fused-ring (bicyclic) bond motifs is 2. The number of para-hydroxylation sites is 2. The molecule has 0 radical (unpaired) electrons. The summed E-state index contributed by atoms with van der Waals surface area (Å²) >= 11 is 1.53. The minimum atomic E-state index is -0.292. The molecule has 0 bridgehead atoms. The van der Waals surface area contributed by atoms with Crippen LogP contribution in [0.15, 0.2) is 78.9 Å². The Balaban J connectivity index is 1.69. The van der Waals surface area contributed by atoms with Crippen LogP contribution in [0.5, 0.6) is 0 Å². The molecule has 1 atom stereocenters. The lowest BCUT2D eigenvalue weighted by Gasteiger charge is -2.36. The Labute approximate surface area is 154 Å². The smallest absolute Gasteiger partial charge is 0.264 e. The monoisotopic (exact) mass is 357 g/mol. The van der Waals surface area contributed by atoms with Gasteiger partial charge in [-0.25, -0.2) is 4.98 Å². The topological polar surface area (TPSA) is 45.2 Å². The Morgan fingerprint density at radius 2 is 1.62 bits per heavy atom. The van der Waals surface area contributed by atoms with Crippen LogP contribution < -0.4 is 10.2 Å². The van der Waals surface area contributed by atoms with E-state index in [2.05, 4.69) is 5.32 Å². The lowest BCUT2D eigenvalue weighted by molar-refractivity contribution is 0.0975. The van der Waals surface area contributed by atoms with Gasteiger partial charge in [0.1, 0.15) is 6.17 Å². The molecule has 0 saturated carbocycles. The van der Waals surface area contributed by atoms with Crippen molar-refractivity contribution in [3.05, 3.63) is 90.0 Å². The lowest BCUT2D eigenvalue weighted by Crippen LogP contribution is -2.43. The number of carbonyl (C=O) groups is 1. The van der Waals surface area contributed by atoms with Gasteiger partial charge < -0.3 is 5.32 Å². The number of rotatable bonds is 2. The second-order valence-corrected chi connectivity index (χ2v) is 7.15. The molecule has 5 heteroatoms. The standard InChI is InChI=1S/C21H15N3OS/c25-20-15-10-4-5-11-16(15)22-19(14-8-2-1-3-9-14)24(20)21-23-17-12-6-7-13-18(17)26-21/h1-13,19,22H. The highest BCUT2D eigenvalue weighted by atomic mass is 32.1. The molecular weight excluding hydrogens is 342 g/mol. The van der Waals surface area contributed by atoms with E-state index in [0.29, 0.717) is 10.7 Å². The Hall–Kier alpha value is -3.18. The average Bonchev–Trinajstić information content (AvgIpc) is 3.12. The first-order chi connectivity index (χ1) is 12.8. The molecule has 1 aromatic heterocycles. The Morgan fingerprint density at radius 1 is 0.885 bits per heavy atom. The van der Waals surface area contributed by atoms with Crippen molar-refractivity contribution in [3.8, 4) is 0 Å². The maximum atomic E-state index is 13.3. The maximum Gasteiger partial charge on any atom is 0.264 e. The van der Waals surface area contributed by atoms with Crippen molar-refractivity contribution >= 4 is 38.3 Å². The summed E-state index contributed by atoms with van der Waals surface area (Å²) in [6, 6.07) is 25.6. The minimum Gasteiger partial charge on any atom is -0.360 e. The van der Waals surface area contributed by atoms with E-state index in [1.54, 1.807) is 4.90 Å². The van der Waals surface area contributed by atoms with E-state index in [1.165, 1.54) is 11.3 Å². The number of hydrogen-bond acceptors (Lipinski definition) is 4. The molecule has 4 aromatic rings. The van der Waals surface area contributed by atoms with E-state index < -0.39 is 0 Å². The summed E-state index contributed by atoms with van der Waals surface area (Å²) < 4.78 is 1.07. The van der Waals surface area contributed by atoms with Crippen molar-refractivity contribution < 1.29 is 4.79 Å². The molecule has 1 aliphatic heterocycles. The first-order valence-electron chi connectivity index (χ1n) is 8.41. The third-order valence-corrected chi connectivity index (χ3v) is 5.57. The summed E-state index contributed by atoms with van der Waals surface area (Å²) in [5, 5.41) is 4.21. The fourth-order valence-corrected chi connectivity index (χ4v) is 4.27. The van der Waals surface area contributed by atoms with E-state index in [1.807, 2.05) is 78.9 Å². The third kappa shape index (κ3) is 2.36. The summed E-state index contributed by atoms with van der Waals surface area (Å²) in [5.74, 6) is -0.0349. The number of aromatic nitrogens is 1. The molecule has 1 unspecified atom stereocenters. The molecule has 0 spiro atoms. The highest BCUT2D eigenvalue weighted by Gasteiger charge is 2.35. The highest BCUT2D eigenvalue weighted by molar-refractivity contribution is 7.22. The average molecular weight is 357 g/mol. The van der Waals surface area contributed by atoms with Crippen LogP contribution in [0.1, 0.15) is 22.1 Å².